The fraction of sp³-hybridized carbons (Fsp3) is 0.259. The van der Waals surface area contributed by atoms with Crippen molar-refractivity contribution in [1.29, 1.82) is 0 Å². The van der Waals surface area contributed by atoms with Crippen LogP contribution in [0.25, 0.3) is 16.7 Å². The van der Waals surface area contributed by atoms with Crippen LogP contribution in [0.3, 0.4) is 0 Å². The normalized spacial score (nSPS) is 11.5. The van der Waals surface area contributed by atoms with Crippen LogP contribution in [0.4, 0.5) is 4.79 Å². The first-order valence-electron chi connectivity index (χ1n) is 11.6. The summed E-state index contributed by atoms with van der Waals surface area (Å²) in [6.45, 7) is 8.55. The van der Waals surface area contributed by atoms with Crippen LogP contribution in [0.5, 0.6) is 0 Å². The fourth-order valence-corrected chi connectivity index (χ4v) is 5.03. The van der Waals surface area contributed by atoms with E-state index in [4.69, 9.17) is 0 Å². The van der Waals surface area contributed by atoms with Crippen molar-refractivity contribution >= 4 is 27.1 Å². The molecule has 1 heterocycles. The number of amides is 2. The lowest BCUT2D eigenvalue weighted by atomic mass is 10.0. The SMILES string of the molecule is CCc1cc(C)c(C)c2ncn(-c3ccc(CCNC(=O)NS(=O)(=O)c4ccc(C)cc4)cc3)c12. The number of hydrogen-bond donors (Lipinski definition) is 2. The Bertz CT molecular complexity index is 1470. The number of imidazole rings is 1. The van der Waals surface area contributed by atoms with Gasteiger partial charge in [0, 0.05) is 12.2 Å². The number of rotatable bonds is 7. The molecule has 0 saturated carbocycles. The van der Waals surface area contributed by atoms with Gasteiger partial charge in [0.05, 0.1) is 15.9 Å². The summed E-state index contributed by atoms with van der Waals surface area (Å²) < 4.78 is 28.8. The second-order valence-corrected chi connectivity index (χ2v) is 10.4. The van der Waals surface area contributed by atoms with E-state index < -0.39 is 16.1 Å². The molecule has 0 fully saturated rings. The smallest absolute Gasteiger partial charge is 0.328 e. The number of nitrogens with zero attached hydrogens (tertiary/aromatic N) is 2. The van der Waals surface area contributed by atoms with Crippen molar-refractivity contribution in [2.45, 2.75) is 45.4 Å². The van der Waals surface area contributed by atoms with Gasteiger partial charge in [-0.1, -0.05) is 42.8 Å². The van der Waals surface area contributed by atoms with Crippen molar-refractivity contribution in [2.75, 3.05) is 6.54 Å². The molecule has 4 rings (SSSR count). The largest absolute Gasteiger partial charge is 0.337 e. The minimum absolute atomic E-state index is 0.0532. The van der Waals surface area contributed by atoms with Crippen LogP contribution in [0.2, 0.25) is 0 Å². The molecule has 0 bridgehead atoms. The second-order valence-electron chi connectivity index (χ2n) is 8.73. The van der Waals surface area contributed by atoms with E-state index in [9.17, 15) is 13.2 Å². The van der Waals surface area contributed by atoms with Crippen molar-refractivity contribution < 1.29 is 13.2 Å². The number of urea groups is 1. The Balaban J connectivity index is 1.39. The van der Waals surface area contributed by atoms with Crippen molar-refractivity contribution in [3.63, 3.8) is 0 Å². The van der Waals surface area contributed by atoms with E-state index in [0.717, 1.165) is 34.3 Å². The number of fused-ring (bicyclic) bond motifs is 1. The number of aromatic nitrogens is 2. The number of hydrogen-bond acceptors (Lipinski definition) is 4. The van der Waals surface area contributed by atoms with Gasteiger partial charge in [-0.05, 0) is 80.1 Å². The zero-order valence-electron chi connectivity index (χ0n) is 20.4. The molecular weight excluding hydrogens is 460 g/mol. The predicted octanol–water partition coefficient (Wildman–Crippen LogP) is 4.74. The molecule has 8 heteroatoms. The van der Waals surface area contributed by atoms with Crippen molar-refractivity contribution in [3.05, 3.63) is 88.7 Å². The van der Waals surface area contributed by atoms with Gasteiger partial charge < -0.3 is 5.32 Å². The molecule has 0 aliphatic carbocycles. The van der Waals surface area contributed by atoms with E-state index in [1.807, 2.05) is 37.5 Å². The predicted molar refractivity (Wildman–Crippen MR) is 139 cm³/mol. The van der Waals surface area contributed by atoms with Gasteiger partial charge in [0.15, 0.2) is 0 Å². The Morgan fingerprint density at radius 3 is 2.34 bits per heavy atom. The first-order chi connectivity index (χ1) is 16.7. The second kappa shape index (κ2) is 9.92. The number of carbonyl (C=O) groups is 1. The summed E-state index contributed by atoms with van der Waals surface area (Å²) >= 11 is 0. The molecule has 0 aliphatic rings. The molecule has 0 spiro atoms. The molecular formula is C27H30N4O3S. The van der Waals surface area contributed by atoms with Crippen LogP contribution >= 0.6 is 0 Å². The molecule has 0 aliphatic heterocycles. The maximum absolute atomic E-state index is 12.3. The highest BCUT2D eigenvalue weighted by Crippen LogP contribution is 2.27. The third-order valence-electron chi connectivity index (χ3n) is 6.26. The Labute approximate surface area is 206 Å². The summed E-state index contributed by atoms with van der Waals surface area (Å²) in [5, 5.41) is 2.62. The Morgan fingerprint density at radius 2 is 1.69 bits per heavy atom. The first kappa shape index (κ1) is 24.5. The van der Waals surface area contributed by atoms with Crippen LogP contribution in [0.15, 0.2) is 65.8 Å². The zero-order valence-corrected chi connectivity index (χ0v) is 21.2. The average molecular weight is 491 g/mol. The van der Waals surface area contributed by atoms with Gasteiger partial charge in [-0.3, -0.25) is 4.57 Å². The van der Waals surface area contributed by atoms with Gasteiger partial charge >= 0.3 is 6.03 Å². The van der Waals surface area contributed by atoms with E-state index in [0.29, 0.717) is 13.0 Å². The van der Waals surface area contributed by atoms with Gasteiger partial charge in [-0.2, -0.15) is 0 Å². The van der Waals surface area contributed by atoms with E-state index >= 15 is 0 Å². The third-order valence-corrected chi connectivity index (χ3v) is 7.61. The summed E-state index contributed by atoms with van der Waals surface area (Å²) in [5.74, 6) is 0. The molecule has 0 saturated heterocycles. The quantitative estimate of drug-likeness (QED) is 0.391. The molecule has 2 N–H and O–H groups in total. The topological polar surface area (TPSA) is 93.1 Å². The number of nitrogens with one attached hydrogen (secondary N) is 2. The highest BCUT2D eigenvalue weighted by Gasteiger charge is 2.17. The average Bonchev–Trinajstić information content (AvgIpc) is 3.27. The lowest BCUT2D eigenvalue weighted by molar-refractivity contribution is 0.246. The Kier molecular flexibility index (Phi) is 6.93. The minimum Gasteiger partial charge on any atom is -0.337 e. The van der Waals surface area contributed by atoms with Crippen molar-refractivity contribution in [1.82, 2.24) is 19.6 Å². The maximum Gasteiger partial charge on any atom is 0.328 e. The monoisotopic (exact) mass is 490 g/mol. The molecule has 182 valence electrons. The highest BCUT2D eigenvalue weighted by atomic mass is 32.2. The Morgan fingerprint density at radius 1 is 1.00 bits per heavy atom. The third kappa shape index (κ3) is 5.22. The molecule has 7 nitrogen and oxygen atoms in total. The van der Waals surface area contributed by atoms with Crippen LogP contribution in [-0.4, -0.2) is 30.5 Å². The molecule has 1 aromatic heterocycles. The maximum atomic E-state index is 12.3. The van der Waals surface area contributed by atoms with Gasteiger partial charge in [0.2, 0.25) is 0 Å². The molecule has 0 unspecified atom stereocenters. The summed E-state index contributed by atoms with van der Waals surface area (Å²) in [4.78, 5) is 16.8. The minimum atomic E-state index is -3.90. The van der Waals surface area contributed by atoms with E-state index in [2.05, 4.69) is 46.4 Å². The molecule has 0 atom stereocenters. The van der Waals surface area contributed by atoms with Gasteiger partial charge in [0.1, 0.15) is 6.33 Å². The van der Waals surface area contributed by atoms with Crippen LogP contribution in [0, 0.1) is 20.8 Å². The van der Waals surface area contributed by atoms with Crippen molar-refractivity contribution in [3.8, 4) is 5.69 Å². The lowest BCUT2D eigenvalue weighted by Gasteiger charge is -2.12. The molecule has 3 aromatic carbocycles. The summed E-state index contributed by atoms with van der Waals surface area (Å²) in [6.07, 6.45) is 3.36. The number of aryl methyl sites for hydroxylation is 4. The summed E-state index contributed by atoms with van der Waals surface area (Å²) in [7, 11) is -3.90. The van der Waals surface area contributed by atoms with Crippen LogP contribution in [-0.2, 0) is 22.9 Å². The summed E-state index contributed by atoms with van der Waals surface area (Å²) in [5.41, 5.74) is 8.86. The van der Waals surface area contributed by atoms with Gasteiger partial charge in [-0.15, -0.1) is 0 Å². The molecule has 35 heavy (non-hydrogen) atoms. The number of sulfonamides is 1. The zero-order chi connectivity index (χ0) is 25.2. The van der Waals surface area contributed by atoms with Crippen LogP contribution in [0.1, 0.15) is 34.7 Å². The number of carbonyl (C=O) groups excluding carboxylic acids is 1. The highest BCUT2D eigenvalue weighted by molar-refractivity contribution is 7.90. The van der Waals surface area contributed by atoms with E-state index in [1.165, 1.54) is 28.8 Å². The molecule has 2 amide bonds. The van der Waals surface area contributed by atoms with E-state index in [1.54, 1.807) is 12.1 Å². The van der Waals surface area contributed by atoms with E-state index in [-0.39, 0.29) is 4.90 Å². The molecule has 4 aromatic rings. The lowest BCUT2D eigenvalue weighted by Crippen LogP contribution is -2.40. The molecule has 0 radical (unpaired) electrons. The standard InChI is InChI=1S/C27H30N4O3S/c1-5-22-16-19(3)20(4)25-26(22)31(17-29-25)23-10-8-21(9-11-23)14-15-28-27(32)30-35(33,34)24-12-6-18(2)7-13-24/h6-13,16-17H,5,14-15H2,1-4H3,(H2,28,30,32). The Hall–Kier alpha value is -3.65. The number of benzene rings is 3. The van der Waals surface area contributed by atoms with Crippen molar-refractivity contribution in [2.24, 2.45) is 0 Å². The fourth-order valence-electron chi connectivity index (χ4n) is 4.10. The van der Waals surface area contributed by atoms with Gasteiger partial charge in [0.25, 0.3) is 10.0 Å². The first-order valence-corrected chi connectivity index (χ1v) is 13.1. The van der Waals surface area contributed by atoms with Gasteiger partial charge in [-0.25, -0.2) is 22.9 Å². The van der Waals surface area contributed by atoms with Crippen LogP contribution < -0.4 is 10.0 Å². The summed E-state index contributed by atoms with van der Waals surface area (Å²) in [6, 6.07) is 15.9.